The molecule has 7 nitrogen and oxygen atoms in total. The Morgan fingerprint density at radius 2 is 1.93 bits per heavy atom. The number of halogens is 3. The van der Waals surface area contributed by atoms with Gasteiger partial charge in [0.2, 0.25) is 0 Å². The maximum atomic E-state index is 12.3. The molecule has 0 aromatic heterocycles. The van der Waals surface area contributed by atoms with Crippen molar-refractivity contribution < 1.29 is 42.1 Å². The zero-order valence-corrected chi connectivity index (χ0v) is 14.3. The number of amides is 1. The minimum Gasteiger partial charge on any atom is -0.480 e. The van der Waals surface area contributed by atoms with Gasteiger partial charge in [-0.2, -0.15) is 13.2 Å². The monoisotopic (exact) mass is 391 g/mol. The number of para-hydroxylation sites is 2. The molecule has 1 heterocycles. The van der Waals surface area contributed by atoms with E-state index in [0.717, 1.165) is 0 Å². The summed E-state index contributed by atoms with van der Waals surface area (Å²) in [5.74, 6) is -2.48. The van der Waals surface area contributed by atoms with Gasteiger partial charge in [-0.05, 0) is 25.0 Å². The number of hydrogen-bond donors (Lipinski definition) is 2. The molecule has 1 fully saturated rings. The molecule has 0 saturated carbocycles. The van der Waals surface area contributed by atoms with Gasteiger partial charge in [-0.1, -0.05) is 12.1 Å². The first-order chi connectivity index (χ1) is 12.8. The number of nitrogens with one attached hydrogen (secondary N) is 1. The largest absolute Gasteiger partial charge is 0.480 e. The van der Waals surface area contributed by atoms with Crippen molar-refractivity contribution in [2.24, 2.45) is 5.92 Å². The lowest BCUT2D eigenvalue weighted by atomic mass is 9.93. The molecule has 1 amide bonds. The summed E-state index contributed by atoms with van der Waals surface area (Å²) in [6.07, 6.45) is -3.21. The summed E-state index contributed by atoms with van der Waals surface area (Å²) in [5.41, 5.74) is 0. The van der Waals surface area contributed by atoms with Gasteiger partial charge in [-0.15, -0.1) is 0 Å². The van der Waals surface area contributed by atoms with Crippen LogP contribution in [0.25, 0.3) is 0 Å². The Balaban J connectivity index is 1.91. The van der Waals surface area contributed by atoms with Crippen LogP contribution in [0.4, 0.5) is 13.2 Å². The van der Waals surface area contributed by atoms with Gasteiger partial charge in [0, 0.05) is 12.5 Å². The van der Waals surface area contributed by atoms with Crippen molar-refractivity contribution in [3.05, 3.63) is 24.3 Å². The molecule has 1 aromatic rings. The molecule has 0 radical (unpaired) electrons. The van der Waals surface area contributed by atoms with Gasteiger partial charge in [-0.3, -0.25) is 4.79 Å². The third-order valence-corrected chi connectivity index (χ3v) is 3.85. The fourth-order valence-electron chi connectivity index (χ4n) is 2.62. The highest BCUT2D eigenvalue weighted by molar-refractivity contribution is 5.84. The van der Waals surface area contributed by atoms with Crippen LogP contribution in [0.15, 0.2) is 24.3 Å². The number of carbonyl (C=O) groups is 2. The van der Waals surface area contributed by atoms with Crippen LogP contribution < -0.4 is 14.8 Å². The molecule has 27 heavy (non-hydrogen) atoms. The lowest BCUT2D eigenvalue weighted by Gasteiger charge is -2.28. The first-order valence-electron chi connectivity index (χ1n) is 8.27. The van der Waals surface area contributed by atoms with Crippen molar-refractivity contribution in [2.45, 2.75) is 25.1 Å². The average molecular weight is 391 g/mol. The molecule has 2 unspecified atom stereocenters. The summed E-state index contributed by atoms with van der Waals surface area (Å²) in [6.45, 7) is -1.28. The highest BCUT2D eigenvalue weighted by atomic mass is 19.4. The normalized spacial score (nSPS) is 18.4. The fraction of sp³-hybridized carbons (Fsp3) is 0.529. The molecule has 0 aliphatic carbocycles. The minimum atomic E-state index is -4.51. The van der Waals surface area contributed by atoms with Crippen LogP contribution in [0.5, 0.6) is 11.5 Å². The molecule has 2 rings (SSSR count). The standard InChI is InChI=1S/C17H20F3NO6/c18-17(19,20)10-27-13-6-2-1-5-12(13)26-9-14(22)21-15(16(23)24)11-4-3-7-25-8-11/h1-2,5-6,11,15H,3-4,7-10H2,(H,21,22)(H,23,24). The van der Waals surface area contributed by atoms with E-state index in [-0.39, 0.29) is 24.0 Å². The molecular weight excluding hydrogens is 371 g/mol. The van der Waals surface area contributed by atoms with Crippen LogP contribution >= 0.6 is 0 Å². The van der Waals surface area contributed by atoms with E-state index in [0.29, 0.717) is 19.4 Å². The maximum absolute atomic E-state index is 12.3. The number of benzene rings is 1. The van der Waals surface area contributed by atoms with Crippen LogP contribution in [-0.2, 0) is 14.3 Å². The molecule has 1 aliphatic rings. The lowest BCUT2D eigenvalue weighted by molar-refractivity contribution is -0.153. The SMILES string of the molecule is O=C(COc1ccccc1OCC(F)(F)F)NC(C(=O)O)C1CCCOC1. The van der Waals surface area contributed by atoms with E-state index in [2.05, 4.69) is 10.1 Å². The summed E-state index contributed by atoms with van der Waals surface area (Å²) in [5, 5.41) is 11.7. The van der Waals surface area contributed by atoms with E-state index < -0.39 is 37.3 Å². The Morgan fingerprint density at radius 1 is 1.26 bits per heavy atom. The molecule has 2 atom stereocenters. The predicted molar refractivity (Wildman–Crippen MR) is 86.6 cm³/mol. The van der Waals surface area contributed by atoms with Crippen molar-refractivity contribution in [2.75, 3.05) is 26.4 Å². The number of carboxylic acid groups (broad SMARTS) is 1. The van der Waals surface area contributed by atoms with E-state index in [4.69, 9.17) is 9.47 Å². The van der Waals surface area contributed by atoms with Gasteiger partial charge in [0.25, 0.3) is 5.91 Å². The van der Waals surface area contributed by atoms with Crippen molar-refractivity contribution in [3.8, 4) is 11.5 Å². The van der Waals surface area contributed by atoms with Crippen molar-refractivity contribution in [1.29, 1.82) is 0 Å². The highest BCUT2D eigenvalue weighted by Crippen LogP contribution is 2.28. The molecule has 1 aromatic carbocycles. The van der Waals surface area contributed by atoms with Crippen molar-refractivity contribution >= 4 is 11.9 Å². The second kappa shape index (κ2) is 9.45. The molecular formula is C17H20F3NO6. The van der Waals surface area contributed by atoms with Gasteiger partial charge < -0.3 is 24.6 Å². The van der Waals surface area contributed by atoms with Crippen molar-refractivity contribution in [3.63, 3.8) is 0 Å². The summed E-state index contributed by atoms with van der Waals surface area (Å²) < 4.78 is 52.0. The topological polar surface area (TPSA) is 94.1 Å². The summed E-state index contributed by atoms with van der Waals surface area (Å²) in [4.78, 5) is 23.4. The molecule has 10 heteroatoms. The lowest BCUT2D eigenvalue weighted by Crippen LogP contribution is -2.49. The van der Waals surface area contributed by atoms with Gasteiger partial charge >= 0.3 is 12.1 Å². The zero-order chi connectivity index (χ0) is 19.9. The molecule has 150 valence electrons. The number of rotatable bonds is 8. The van der Waals surface area contributed by atoms with E-state index in [1.54, 1.807) is 0 Å². The van der Waals surface area contributed by atoms with Crippen LogP contribution in [0, 0.1) is 5.92 Å². The van der Waals surface area contributed by atoms with E-state index >= 15 is 0 Å². The maximum Gasteiger partial charge on any atom is 0.422 e. The molecule has 0 bridgehead atoms. The first-order valence-corrected chi connectivity index (χ1v) is 8.27. The Hall–Kier alpha value is -2.49. The van der Waals surface area contributed by atoms with Crippen LogP contribution in [-0.4, -0.2) is 55.6 Å². The van der Waals surface area contributed by atoms with Gasteiger partial charge in [0.15, 0.2) is 24.7 Å². The number of alkyl halides is 3. The zero-order valence-electron chi connectivity index (χ0n) is 14.3. The summed E-state index contributed by atoms with van der Waals surface area (Å²) in [7, 11) is 0. The van der Waals surface area contributed by atoms with Gasteiger partial charge in [-0.25, -0.2) is 4.79 Å². The number of ether oxygens (including phenoxy) is 3. The van der Waals surface area contributed by atoms with E-state index in [1.807, 2.05) is 0 Å². The smallest absolute Gasteiger partial charge is 0.422 e. The number of hydrogen-bond acceptors (Lipinski definition) is 5. The second-order valence-corrected chi connectivity index (χ2v) is 6.00. The molecule has 0 spiro atoms. The predicted octanol–water partition coefficient (Wildman–Crippen LogP) is 2.00. The quantitative estimate of drug-likeness (QED) is 0.704. The Bertz CT molecular complexity index is 646. The van der Waals surface area contributed by atoms with E-state index in [1.165, 1.54) is 24.3 Å². The first kappa shape index (κ1) is 20.8. The third-order valence-electron chi connectivity index (χ3n) is 3.85. The molecule has 1 aliphatic heterocycles. The molecule has 1 saturated heterocycles. The number of carbonyl (C=O) groups excluding carboxylic acids is 1. The number of carboxylic acids is 1. The Kier molecular flexibility index (Phi) is 7.28. The third kappa shape index (κ3) is 6.97. The molecule has 2 N–H and O–H groups in total. The van der Waals surface area contributed by atoms with Crippen LogP contribution in [0.3, 0.4) is 0 Å². The fourth-order valence-corrected chi connectivity index (χ4v) is 2.62. The summed E-state index contributed by atoms with van der Waals surface area (Å²) in [6, 6.07) is 4.47. The van der Waals surface area contributed by atoms with Crippen LogP contribution in [0.1, 0.15) is 12.8 Å². The Labute approximate surface area is 153 Å². The van der Waals surface area contributed by atoms with Crippen LogP contribution in [0.2, 0.25) is 0 Å². The average Bonchev–Trinajstić information content (AvgIpc) is 2.63. The number of aliphatic carboxylic acids is 1. The highest BCUT2D eigenvalue weighted by Gasteiger charge is 2.32. The van der Waals surface area contributed by atoms with Gasteiger partial charge in [0.05, 0.1) is 6.61 Å². The summed E-state index contributed by atoms with van der Waals surface area (Å²) >= 11 is 0. The van der Waals surface area contributed by atoms with Gasteiger partial charge in [0.1, 0.15) is 6.04 Å². The van der Waals surface area contributed by atoms with E-state index in [9.17, 15) is 27.9 Å². The minimum absolute atomic E-state index is 0.0511. The van der Waals surface area contributed by atoms with Crippen molar-refractivity contribution in [1.82, 2.24) is 5.32 Å². The second-order valence-electron chi connectivity index (χ2n) is 6.00. The Morgan fingerprint density at radius 3 is 2.48 bits per heavy atom.